The molecule has 2 aliphatic rings. The van der Waals surface area contributed by atoms with Crippen molar-refractivity contribution < 1.29 is 4.79 Å². The Morgan fingerprint density at radius 1 is 1.30 bits per heavy atom. The van der Waals surface area contributed by atoms with Crippen LogP contribution in [0.5, 0.6) is 0 Å². The second kappa shape index (κ2) is 6.48. The highest BCUT2D eigenvalue weighted by Crippen LogP contribution is 2.37. The fourth-order valence-electron chi connectivity index (χ4n) is 3.64. The molecule has 1 aromatic heterocycles. The molecule has 1 amide bonds. The molecule has 126 valence electrons. The molecular formula is C18H28N4O. The Kier molecular flexibility index (Phi) is 4.57. The van der Waals surface area contributed by atoms with Crippen LogP contribution in [0.15, 0.2) is 12.3 Å². The predicted molar refractivity (Wildman–Crippen MR) is 94.0 cm³/mol. The van der Waals surface area contributed by atoms with Gasteiger partial charge < -0.3 is 14.7 Å². The number of likely N-dealkylation sites (N-methyl/N-ethyl adjacent to an activating group) is 1. The average molecular weight is 316 g/mol. The van der Waals surface area contributed by atoms with Crippen molar-refractivity contribution >= 4 is 17.4 Å². The number of piperazine rings is 1. The SMILES string of the molecule is CCC(CC)CN1C(=O)C2CN(C)CCN2c2ncc(C)cc21. The summed E-state index contributed by atoms with van der Waals surface area (Å²) in [5.74, 6) is 1.77. The van der Waals surface area contributed by atoms with Crippen molar-refractivity contribution in [2.75, 3.05) is 43.0 Å². The molecular weight excluding hydrogens is 288 g/mol. The molecule has 0 spiro atoms. The maximum Gasteiger partial charge on any atom is 0.251 e. The van der Waals surface area contributed by atoms with E-state index in [4.69, 9.17) is 0 Å². The quantitative estimate of drug-likeness (QED) is 0.854. The second-order valence-electron chi connectivity index (χ2n) is 6.96. The van der Waals surface area contributed by atoms with E-state index in [-0.39, 0.29) is 11.9 Å². The molecule has 1 atom stereocenters. The Balaban J connectivity index is 2.01. The van der Waals surface area contributed by atoms with E-state index in [1.165, 1.54) is 0 Å². The summed E-state index contributed by atoms with van der Waals surface area (Å²) in [6.45, 7) is 9.89. The van der Waals surface area contributed by atoms with Gasteiger partial charge in [-0.1, -0.05) is 26.7 Å². The summed E-state index contributed by atoms with van der Waals surface area (Å²) in [6.07, 6.45) is 4.12. The van der Waals surface area contributed by atoms with Crippen molar-refractivity contribution in [3.8, 4) is 0 Å². The molecule has 2 aliphatic heterocycles. The largest absolute Gasteiger partial charge is 0.340 e. The van der Waals surface area contributed by atoms with Crippen LogP contribution in [-0.4, -0.2) is 55.1 Å². The first-order valence-corrected chi connectivity index (χ1v) is 8.78. The topological polar surface area (TPSA) is 39.7 Å². The number of carbonyl (C=O) groups is 1. The fraction of sp³-hybridized carbons (Fsp3) is 0.667. The number of nitrogens with zero attached hydrogens (tertiary/aromatic N) is 4. The standard InChI is InChI=1S/C18H28N4O/c1-5-14(6-2)11-22-15-9-13(3)10-19-17(15)21-8-7-20(4)12-16(21)18(22)23/h9-10,14,16H,5-8,11-12H2,1-4H3. The molecule has 3 rings (SSSR count). The number of rotatable bonds is 4. The van der Waals surface area contributed by atoms with Gasteiger partial charge in [0, 0.05) is 32.4 Å². The van der Waals surface area contributed by atoms with Gasteiger partial charge in [0.1, 0.15) is 6.04 Å². The van der Waals surface area contributed by atoms with Gasteiger partial charge in [-0.15, -0.1) is 0 Å². The smallest absolute Gasteiger partial charge is 0.251 e. The van der Waals surface area contributed by atoms with Gasteiger partial charge in [-0.3, -0.25) is 4.79 Å². The van der Waals surface area contributed by atoms with E-state index in [1.54, 1.807) is 0 Å². The molecule has 0 radical (unpaired) electrons. The van der Waals surface area contributed by atoms with Crippen molar-refractivity contribution in [3.63, 3.8) is 0 Å². The van der Waals surface area contributed by atoms with Crippen LogP contribution in [0.1, 0.15) is 32.3 Å². The van der Waals surface area contributed by atoms with E-state index < -0.39 is 0 Å². The molecule has 5 nitrogen and oxygen atoms in total. The minimum Gasteiger partial charge on any atom is -0.340 e. The lowest BCUT2D eigenvalue weighted by atomic mass is 9.99. The second-order valence-corrected chi connectivity index (χ2v) is 6.96. The van der Waals surface area contributed by atoms with Crippen LogP contribution in [0.4, 0.5) is 11.5 Å². The summed E-state index contributed by atoms with van der Waals surface area (Å²) < 4.78 is 0. The van der Waals surface area contributed by atoms with Gasteiger partial charge in [0.25, 0.3) is 5.91 Å². The Morgan fingerprint density at radius 2 is 2.04 bits per heavy atom. The molecule has 23 heavy (non-hydrogen) atoms. The first-order chi connectivity index (χ1) is 11.0. The molecule has 1 fully saturated rings. The molecule has 0 saturated carbocycles. The molecule has 5 heteroatoms. The summed E-state index contributed by atoms with van der Waals surface area (Å²) >= 11 is 0. The van der Waals surface area contributed by atoms with E-state index in [2.05, 4.69) is 41.7 Å². The molecule has 0 aliphatic carbocycles. The average Bonchev–Trinajstić information content (AvgIpc) is 2.55. The number of carbonyl (C=O) groups excluding carboxylic acids is 1. The number of amides is 1. The highest BCUT2D eigenvalue weighted by molar-refractivity contribution is 6.05. The number of pyridine rings is 1. The van der Waals surface area contributed by atoms with Crippen LogP contribution >= 0.6 is 0 Å². The summed E-state index contributed by atoms with van der Waals surface area (Å²) in [6, 6.07) is 2.03. The highest BCUT2D eigenvalue weighted by atomic mass is 16.2. The minimum atomic E-state index is -0.0918. The molecule has 3 heterocycles. The predicted octanol–water partition coefficient (Wildman–Crippen LogP) is 2.29. The van der Waals surface area contributed by atoms with E-state index in [0.717, 1.165) is 56.1 Å². The molecule has 1 unspecified atom stereocenters. The lowest BCUT2D eigenvalue weighted by Crippen LogP contribution is -2.62. The van der Waals surface area contributed by atoms with Gasteiger partial charge >= 0.3 is 0 Å². The van der Waals surface area contributed by atoms with Crippen LogP contribution in [-0.2, 0) is 4.79 Å². The third-order valence-corrected chi connectivity index (χ3v) is 5.28. The third-order valence-electron chi connectivity index (χ3n) is 5.28. The fourth-order valence-corrected chi connectivity index (χ4v) is 3.64. The number of hydrogen-bond acceptors (Lipinski definition) is 4. The summed E-state index contributed by atoms with van der Waals surface area (Å²) in [5, 5.41) is 0. The van der Waals surface area contributed by atoms with Crippen molar-refractivity contribution in [2.45, 2.75) is 39.7 Å². The zero-order valence-corrected chi connectivity index (χ0v) is 14.7. The highest BCUT2D eigenvalue weighted by Gasteiger charge is 2.41. The Bertz CT molecular complexity index is 584. The lowest BCUT2D eigenvalue weighted by Gasteiger charge is -2.47. The minimum absolute atomic E-state index is 0.0918. The number of anilines is 2. The zero-order chi connectivity index (χ0) is 16.6. The van der Waals surface area contributed by atoms with E-state index in [0.29, 0.717) is 5.92 Å². The van der Waals surface area contributed by atoms with Gasteiger partial charge in [-0.2, -0.15) is 0 Å². The number of fused-ring (bicyclic) bond motifs is 3. The van der Waals surface area contributed by atoms with Gasteiger partial charge in [0.2, 0.25) is 0 Å². The maximum atomic E-state index is 13.2. The molecule has 0 bridgehead atoms. The van der Waals surface area contributed by atoms with Gasteiger partial charge in [-0.25, -0.2) is 4.98 Å². The first-order valence-electron chi connectivity index (χ1n) is 8.78. The first kappa shape index (κ1) is 16.2. The Morgan fingerprint density at radius 3 is 2.74 bits per heavy atom. The van der Waals surface area contributed by atoms with Gasteiger partial charge in [0.15, 0.2) is 5.82 Å². The molecule has 0 aromatic carbocycles. The van der Waals surface area contributed by atoms with Crippen LogP contribution in [0, 0.1) is 12.8 Å². The Hall–Kier alpha value is -1.62. The molecule has 0 N–H and O–H groups in total. The number of aromatic nitrogens is 1. The van der Waals surface area contributed by atoms with E-state index in [1.807, 2.05) is 18.0 Å². The van der Waals surface area contributed by atoms with Crippen molar-refractivity contribution in [2.24, 2.45) is 5.92 Å². The Labute approximate surface area is 139 Å². The van der Waals surface area contributed by atoms with Crippen molar-refractivity contribution in [1.29, 1.82) is 0 Å². The summed E-state index contributed by atoms with van der Waals surface area (Å²) in [5.41, 5.74) is 2.11. The van der Waals surface area contributed by atoms with E-state index >= 15 is 0 Å². The van der Waals surface area contributed by atoms with Crippen LogP contribution in [0.3, 0.4) is 0 Å². The molecule has 1 saturated heterocycles. The normalized spacial score (nSPS) is 21.6. The number of aryl methyl sites for hydroxylation is 1. The van der Waals surface area contributed by atoms with Crippen molar-refractivity contribution in [3.05, 3.63) is 17.8 Å². The van der Waals surface area contributed by atoms with Crippen LogP contribution in [0.2, 0.25) is 0 Å². The van der Waals surface area contributed by atoms with Crippen LogP contribution in [0.25, 0.3) is 0 Å². The number of hydrogen-bond donors (Lipinski definition) is 0. The lowest BCUT2D eigenvalue weighted by molar-refractivity contribution is -0.121. The maximum absolute atomic E-state index is 13.2. The third kappa shape index (κ3) is 2.94. The van der Waals surface area contributed by atoms with Crippen LogP contribution < -0.4 is 9.80 Å². The van der Waals surface area contributed by atoms with Gasteiger partial charge in [-0.05, 0) is 31.5 Å². The van der Waals surface area contributed by atoms with Gasteiger partial charge in [0.05, 0.1) is 5.69 Å². The zero-order valence-electron chi connectivity index (χ0n) is 14.7. The summed E-state index contributed by atoms with van der Waals surface area (Å²) in [7, 11) is 2.09. The van der Waals surface area contributed by atoms with Crippen molar-refractivity contribution in [1.82, 2.24) is 9.88 Å². The summed E-state index contributed by atoms with van der Waals surface area (Å²) in [4.78, 5) is 24.3. The van der Waals surface area contributed by atoms with E-state index in [9.17, 15) is 4.79 Å². The monoisotopic (exact) mass is 316 g/mol. The molecule has 1 aromatic rings.